The fraction of sp³-hybridized carbons (Fsp3) is 0.323. The van der Waals surface area contributed by atoms with Gasteiger partial charge in [0.05, 0.1) is 18.3 Å². The van der Waals surface area contributed by atoms with Crippen LogP contribution in [-0.2, 0) is 0 Å². The van der Waals surface area contributed by atoms with Gasteiger partial charge in [-0.05, 0) is 86.0 Å². The summed E-state index contributed by atoms with van der Waals surface area (Å²) in [5.41, 5.74) is 5.38. The lowest BCUT2D eigenvalue weighted by Gasteiger charge is -2.31. The van der Waals surface area contributed by atoms with Gasteiger partial charge in [0.1, 0.15) is 30.0 Å². The van der Waals surface area contributed by atoms with Crippen molar-refractivity contribution in [2.45, 2.75) is 32.4 Å². The number of allylic oxidation sites excluding steroid dienone is 1. The first kappa shape index (κ1) is 24.9. The molecule has 3 aromatic rings. The standard InChI is InChI=1S/C31H31FN2O3/c1-20(34-14-13-23(16-32)18-34)19-36-27-10-7-25(8-11-27)31-30(24-5-3-22(17-33)4-6-24)21(2)28-15-26(35)9-12-29(28)37-31/h3-12,15,20,23,31,35H,13-14,16,18-19H2,1-2H3/t20?,23-,31?/m0/s1. The van der Waals surface area contributed by atoms with E-state index in [2.05, 4.69) is 17.9 Å². The van der Waals surface area contributed by atoms with Crippen LogP contribution in [0, 0.1) is 17.2 Å². The Morgan fingerprint density at radius 3 is 2.57 bits per heavy atom. The molecular formula is C31H31FN2O3. The molecule has 0 aromatic heterocycles. The van der Waals surface area contributed by atoms with E-state index in [4.69, 9.17) is 9.47 Å². The number of hydrogen-bond donors (Lipinski definition) is 1. The van der Waals surface area contributed by atoms with Gasteiger partial charge in [-0.1, -0.05) is 24.3 Å². The van der Waals surface area contributed by atoms with Crippen molar-refractivity contribution in [2.75, 3.05) is 26.4 Å². The summed E-state index contributed by atoms with van der Waals surface area (Å²) in [6, 6.07) is 23.0. The van der Waals surface area contributed by atoms with Crippen LogP contribution in [0.3, 0.4) is 0 Å². The number of alkyl halides is 1. The van der Waals surface area contributed by atoms with Gasteiger partial charge >= 0.3 is 0 Å². The molecule has 0 aliphatic carbocycles. The molecule has 190 valence electrons. The molecule has 5 rings (SSSR count). The zero-order valence-corrected chi connectivity index (χ0v) is 21.2. The number of ether oxygens (including phenoxy) is 2. The monoisotopic (exact) mass is 498 g/mol. The van der Waals surface area contributed by atoms with E-state index in [0.29, 0.717) is 17.9 Å². The van der Waals surface area contributed by atoms with Crippen LogP contribution in [0.15, 0.2) is 66.7 Å². The molecule has 0 bridgehead atoms. The highest BCUT2D eigenvalue weighted by Gasteiger charge is 2.30. The molecule has 3 aromatic carbocycles. The number of likely N-dealkylation sites (tertiary alicyclic amines) is 1. The van der Waals surface area contributed by atoms with Crippen molar-refractivity contribution in [3.8, 4) is 23.3 Å². The zero-order chi connectivity index (χ0) is 25.9. The smallest absolute Gasteiger partial charge is 0.150 e. The average molecular weight is 499 g/mol. The van der Waals surface area contributed by atoms with Crippen molar-refractivity contribution in [1.82, 2.24) is 4.90 Å². The molecule has 0 amide bonds. The van der Waals surface area contributed by atoms with Gasteiger partial charge in [-0.2, -0.15) is 5.26 Å². The van der Waals surface area contributed by atoms with Gasteiger partial charge in [0.15, 0.2) is 0 Å². The highest BCUT2D eigenvalue weighted by Crippen LogP contribution is 2.47. The van der Waals surface area contributed by atoms with Crippen LogP contribution in [-0.4, -0.2) is 42.4 Å². The molecule has 3 atom stereocenters. The topological polar surface area (TPSA) is 65.7 Å². The lowest BCUT2D eigenvalue weighted by atomic mass is 9.86. The second-order valence-corrected chi connectivity index (χ2v) is 9.94. The van der Waals surface area contributed by atoms with E-state index in [0.717, 1.165) is 53.1 Å². The molecule has 5 nitrogen and oxygen atoms in total. The predicted molar refractivity (Wildman–Crippen MR) is 142 cm³/mol. The van der Waals surface area contributed by atoms with Crippen LogP contribution in [0.4, 0.5) is 4.39 Å². The summed E-state index contributed by atoms with van der Waals surface area (Å²) in [5, 5.41) is 19.3. The SMILES string of the molecule is CC1=C(c2ccc(C#N)cc2)C(c2ccc(OCC(C)N3CC[C@@H](CF)C3)cc2)Oc2ccc(O)cc21. The number of phenols is 1. The van der Waals surface area contributed by atoms with E-state index in [1.165, 1.54) is 0 Å². The Balaban J connectivity index is 1.38. The Morgan fingerprint density at radius 1 is 1.14 bits per heavy atom. The summed E-state index contributed by atoms with van der Waals surface area (Å²) >= 11 is 0. The van der Waals surface area contributed by atoms with Crippen LogP contribution in [0.25, 0.3) is 11.1 Å². The summed E-state index contributed by atoms with van der Waals surface area (Å²) in [6.45, 7) is 6.16. The number of hydrogen-bond acceptors (Lipinski definition) is 5. The molecule has 1 fully saturated rings. The Hall–Kier alpha value is -3.82. The molecule has 37 heavy (non-hydrogen) atoms. The third-order valence-electron chi connectivity index (χ3n) is 7.44. The van der Waals surface area contributed by atoms with E-state index < -0.39 is 0 Å². The summed E-state index contributed by atoms with van der Waals surface area (Å²) < 4.78 is 25.5. The van der Waals surface area contributed by atoms with E-state index in [9.17, 15) is 14.8 Å². The number of fused-ring (bicyclic) bond motifs is 1. The summed E-state index contributed by atoms with van der Waals surface area (Å²) in [7, 11) is 0. The Kier molecular flexibility index (Phi) is 7.16. The maximum absolute atomic E-state index is 13.0. The third kappa shape index (κ3) is 5.19. The van der Waals surface area contributed by atoms with Crippen LogP contribution >= 0.6 is 0 Å². The first-order chi connectivity index (χ1) is 18.0. The fourth-order valence-electron chi connectivity index (χ4n) is 5.22. The quantitative estimate of drug-likeness (QED) is 0.409. The Labute approximate surface area is 217 Å². The Morgan fingerprint density at radius 2 is 1.89 bits per heavy atom. The minimum atomic E-state index is -0.361. The number of nitrogens with zero attached hydrogens (tertiary/aromatic N) is 2. The van der Waals surface area contributed by atoms with E-state index in [-0.39, 0.29) is 30.5 Å². The van der Waals surface area contributed by atoms with Crippen molar-refractivity contribution in [3.05, 3.63) is 89.0 Å². The number of aromatic hydroxyl groups is 1. The molecule has 2 unspecified atom stereocenters. The minimum Gasteiger partial charge on any atom is -0.508 e. The van der Waals surface area contributed by atoms with Crippen molar-refractivity contribution in [1.29, 1.82) is 5.26 Å². The first-order valence-corrected chi connectivity index (χ1v) is 12.7. The molecule has 2 heterocycles. The minimum absolute atomic E-state index is 0.146. The third-order valence-corrected chi connectivity index (χ3v) is 7.44. The maximum Gasteiger partial charge on any atom is 0.150 e. The van der Waals surface area contributed by atoms with Crippen LogP contribution in [0.5, 0.6) is 17.2 Å². The number of phenolic OH excluding ortho intramolecular Hbond substituents is 1. The summed E-state index contributed by atoms with van der Waals surface area (Å²) in [5.74, 6) is 1.82. The molecular weight excluding hydrogens is 467 g/mol. The van der Waals surface area contributed by atoms with Gasteiger partial charge in [0, 0.05) is 29.6 Å². The lowest BCUT2D eigenvalue weighted by molar-refractivity contribution is 0.165. The van der Waals surface area contributed by atoms with Crippen molar-refractivity contribution >= 4 is 11.1 Å². The molecule has 6 heteroatoms. The second kappa shape index (κ2) is 10.7. The van der Waals surface area contributed by atoms with Crippen LogP contribution < -0.4 is 9.47 Å². The number of rotatable bonds is 7. The fourth-order valence-corrected chi connectivity index (χ4v) is 5.22. The normalized spacial score (nSPS) is 20.2. The average Bonchev–Trinajstić information content (AvgIpc) is 3.42. The van der Waals surface area contributed by atoms with Gasteiger partial charge in [-0.25, -0.2) is 0 Å². The van der Waals surface area contributed by atoms with Gasteiger partial charge < -0.3 is 14.6 Å². The summed E-state index contributed by atoms with van der Waals surface area (Å²) in [6.07, 6.45) is 0.550. The van der Waals surface area contributed by atoms with E-state index in [1.807, 2.05) is 43.3 Å². The largest absolute Gasteiger partial charge is 0.508 e. The van der Waals surface area contributed by atoms with Crippen molar-refractivity contribution in [2.24, 2.45) is 5.92 Å². The number of halogens is 1. The highest BCUT2D eigenvalue weighted by atomic mass is 19.1. The predicted octanol–water partition coefficient (Wildman–Crippen LogP) is 6.39. The highest BCUT2D eigenvalue weighted by molar-refractivity contribution is 5.95. The van der Waals surface area contributed by atoms with Gasteiger partial charge in [-0.15, -0.1) is 0 Å². The van der Waals surface area contributed by atoms with Crippen LogP contribution in [0.2, 0.25) is 0 Å². The molecule has 1 N–H and O–H groups in total. The molecule has 2 aliphatic heterocycles. The first-order valence-electron chi connectivity index (χ1n) is 12.7. The second-order valence-electron chi connectivity index (χ2n) is 9.94. The molecule has 0 radical (unpaired) electrons. The zero-order valence-electron chi connectivity index (χ0n) is 21.2. The molecule has 0 saturated carbocycles. The van der Waals surface area contributed by atoms with E-state index in [1.54, 1.807) is 30.3 Å². The Bertz CT molecular complexity index is 1330. The lowest BCUT2D eigenvalue weighted by Crippen LogP contribution is -2.35. The number of benzene rings is 3. The van der Waals surface area contributed by atoms with E-state index >= 15 is 0 Å². The van der Waals surface area contributed by atoms with Crippen LogP contribution in [0.1, 0.15) is 48.6 Å². The summed E-state index contributed by atoms with van der Waals surface area (Å²) in [4.78, 5) is 2.29. The van der Waals surface area contributed by atoms with Crippen molar-refractivity contribution < 1.29 is 19.0 Å². The van der Waals surface area contributed by atoms with Crippen molar-refractivity contribution in [3.63, 3.8) is 0 Å². The van der Waals surface area contributed by atoms with Gasteiger partial charge in [-0.3, -0.25) is 9.29 Å². The van der Waals surface area contributed by atoms with Gasteiger partial charge in [0.2, 0.25) is 0 Å². The maximum atomic E-state index is 13.0. The van der Waals surface area contributed by atoms with Gasteiger partial charge in [0.25, 0.3) is 0 Å². The molecule has 2 aliphatic rings. The molecule has 0 spiro atoms. The number of nitriles is 1. The molecule has 1 saturated heterocycles.